The average molecular weight is 398 g/mol. The monoisotopic (exact) mass is 397 g/mol. The molecule has 5 rings (SSSR count). The normalized spacial score (nSPS) is 11.4. The van der Waals surface area contributed by atoms with Gasteiger partial charge < -0.3 is 0 Å². The van der Waals surface area contributed by atoms with Gasteiger partial charge in [0.05, 0.1) is 16.3 Å². The smallest absolute Gasteiger partial charge is 0.265 e. The number of thiazole rings is 1. The number of hydrogen-bond acceptors (Lipinski definition) is 4. The summed E-state index contributed by atoms with van der Waals surface area (Å²) in [6, 6.07) is 22.6. The maximum atomic E-state index is 13.2. The van der Waals surface area contributed by atoms with Gasteiger partial charge in [0, 0.05) is 5.56 Å². The van der Waals surface area contributed by atoms with Gasteiger partial charge in [0.1, 0.15) is 5.69 Å². The SMILES string of the molecule is Cc1ccc(-c2nn(Cc3cccc4ccccc34)c(=O)c3nc(C)sc23)cc1. The first-order valence-electron chi connectivity index (χ1n) is 9.52. The largest absolute Gasteiger partial charge is 0.294 e. The predicted octanol–water partition coefficient (Wildman–Crippen LogP) is 5.34. The first-order chi connectivity index (χ1) is 14.1. The first-order valence-corrected chi connectivity index (χ1v) is 10.3. The van der Waals surface area contributed by atoms with Crippen molar-refractivity contribution in [2.75, 3.05) is 0 Å². The highest BCUT2D eigenvalue weighted by Crippen LogP contribution is 2.30. The molecular formula is C24H19N3OS. The Labute approximate surface area is 172 Å². The molecule has 5 aromatic rings. The Morgan fingerprint density at radius 3 is 2.52 bits per heavy atom. The van der Waals surface area contributed by atoms with Crippen molar-refractivity contribution < 1.29 is 0 Å². The lowest BCUT2D eigenvalue weighted by Gasteiger charge is -2.11. The Bertz CT molecular complexity index is 1410. The maximum Gasteiger partial charge on any atom is 0.294 e. The second-order valence-corrected chi connectivity index (χ2v) is 8.43. The van der Waals surface area contributed by atoms with Crippen LogP contribution in [0.15, 0.2) is 71.5 Å². The predicted molar refractivity (Wildman–Crippen MR) is 120 cm³/mol. The van der Waals surface area contributed by atoms with Crippen molar-refractivity contribution >= 4 is 32.3 Å². The number of benzene rings is 3. The van der Waals surface area contributed by atoms with Crippen molar-refractivity contribution in [3.05, 3.63) is 93.2 Å². The quantitative estimate of drug-likeness (QED) is 0.413. The summed E-state index contributed by atoms with van der Waals surface area (Å²) in [7, 11) is 0. The molecule has 4 nitrogen and oxygen atoms in total. The first kappa shape index (κ1) is 17.8. The molecule has 0 radical (unpaired) electrons. The lowest BCUT2D eigenvalue weighted by Crippen LogP contribution is -2.24. The molecule has 0 bridgehead atoms. The summed E-state index contributed by atoms with van der Waals surface area (Å²) in [6.45, 7) is 4.40. The highest BCUT2D eigenvalue weighted by molar-refractivity contribution is 7.19. The fraction of sp³-hybridized carbons (Fsp3) is 0.125. The summed E-state index contributed by atoms with van der Waals surface area (Å²) in [5.74, 6) is 0. The molecule has 3 aromatic carbocycles. The molecular weight excluding hydrogens is 378 g/mol. The Morgan fingerprint density at radius 2 is 1.69 bits per heavy atom. The lowest BCUT2D eigenvalue weighted by atomic mass is 10.0. The van der Waals surface area contributed by atoms with E-state index in [-0.39, 0.29) is 5.56 Å². The van der Waals surface area contributed by atoms with Gasteiger partial charge in [-0.3, -0.25) is 4.79 Å². The van der Waals surface area contributed by atoms with Crippen molar-refractivity contribution in [3.8, 4) is 11.3 Å². The van der Waals surface area contributed by atoms with Crippen molar-refractivity contribution in [3.63, 3.8) is 0 Å². The van der Waals surface area contributed by atoms with Gasteiger partial charge in [0.15, 0.2) is 5.52 Å². The van der Waals surface area contributed by atoms with Crippen LogP contribution >= 0.6 is 11.3 Å². The van der Waals surface area contributed by atoms with Crippen LogP contribution in [0, 0.1) is 13.8 Å². The molecule has 2 heterocycles. The van der Waals surface area contributed by atoms with Crippen molar-refractivity contribution in [2.45, 2.75) is 20.4 Å². The minimum Gasteiger partial charge on any atom is -0.265 e. The molecule has 0 aliphatic rings. The van der Waals surface area contributed by atoms with Gasteiger partial charge in [-0.25, -0.2) is 9.67 Å². The maximum absolute atomic E-state index is 13.2. The van der Waals surface area contributed by atoms with Gasteiger partial charge in [-0.05, 0) is 30.2 Å². The highest BCUT2D eigenvalue weighted by atomic mass is 32.1. The van der Waals surface area contributed by atoms with E-state index in [0.29, 0.717) is 12.1 Å². The molecule has 142 valence electrons. The summed E-state index contributed by atoms with van der Waals surface area (Å²) in [5.41, 5.74) is 4.42. The van der Waals surface area contributed by atoms with E-state index >= 15 is 0 Å². The second-order valence-electron chi connectivity index (χ2n) is 7.23. The lowest BCUT2D eigenvalue weighted by molar-refractivity contribution is 0.653. The van der Waals surface area contributed by atoms with E-state index < -0.39 is 0 Å². The van der Waals surface area contributed by atoms with Crippen LogP contribution in [-0.4, -0.2) is 14.8 Å². The van der Waals surface area contributed by atoms with Gasteiger partial charge in [-0.1, -0.05) is 72.3 Å². The molecule has 2 aromatic heterocycles. The van der Waals surface area contributed by atoms with Gasteiger partial charge in [0.25, 0.3) is 5.56 Å². The number of aromatic nitrogens is 3. The summed E-state index contributed by atoms with van der Waals surface area (Å²) in [5, 5.41) is 7.95. The van der Waals surface area contributed by atoms with E-state index in [1.165, 1.54) is 16.9 Å². The van der Waals surface area contributed by atoms with Crippen LogP contribution in [0.1, 0.15) is 16.1 Å². The zero-order valence-electron chi connectivity index (χ0n) is 16.2. The van der Waals surface area contributed by atoms with Crippen LogP contribution < -0.4 is 5.56 Å². The minimum absolute atomic E-state index is 0.145. The van der Waals surface area contributed by atoms with Crippen LogP contribution in [-0.2, 0) is 6.54 Å². The molecule has 0 amide bonds. The molecule has 0 saturated carbocycles. The van der Waals surface area contributed by atoms with Crippen LogP contribution in [0.3, 0.4) is 0 Å². The third kappa shape index (κ3) is 3.13. The minimum atomic E-state index is -0.145. The van der Waals surface area contributed by atoms with E-state index in [1.807, 2.05) is 25.1 Å². The molecule has 0 saturated heterocycles. The molecule has 0 N–H and O–H groups in total. The molecule has 0 fully saturated rings. The van der Waals surface area contributed by atoms with E-state index in [1.54, 1.807) is 4.68 Å². The topological polar surface area (TPSA) is 47.8 Å². The van der Waals surface area contributed by atoms with Gasteiger partial charge in [-0.2, -0.15) is 5.10 Å². The van der Waals surface area contributed by atoms with Gasteiger partial charge >= 0.3 is 0 Å². The molecule has 5 heteroatoms. The standard InChI is InChI=1S/C24H19N3OS/c1-15-10-12-18(13-11-15)21-23-22(25-16(2)29-23)24(28)27(26-21)14-19-8-5-7-17-6-3-4-9-20(17)19/h3-13H,14H2,1-2H3. The molecule has 0 aliphatic heterocycles. The molecule has 29 heavy (non-hydrogen) atoms. The zero-order valence-corrected chi connectivity index (χ0v) is 17.0. The number of nitrogens with zero attached hydrogens (tertiary/aromatic N) is 3. The number of hydrogen-bond donors (Lipinski definition) is 0. The fourth-order valence-electron chi connectivity index (χ4n) is 3.67. The summed E-state index contributed by atoms with van der Waals surface area (Å²) in [4.78, 5) is 17.7. The number of fused-ring (bicyclic) bond motifs is 2. The number of aryl methyl sites for hydroxylation is 2. The van der Waals surface area contributed by atoms with Crippen molar-refractivity contribution in [1.29, 1.82) is 0 Å². The summed E-state index contributed by atoms with van der Waals surface area (Å²) in [6.07, 6.45) is 0. The molecule has 0 atom stereocenters. The van der Waals surface area contributed by atoms with Crippen LogP contribution in [0.5, 0.6) is 0 Å². The van der Waals surface area contributed by atoms with Crippen molar-refractivity contribution in [2.24, 2.45) is 0 Å². The Balaban J connectivity index is 1.72. The van der Waals surface area contributed by atoms with Crippen LogP contribution in [0.2, 0.25) is 0 Å². The van der Waals surface area contributed by atoms with Crippen molar-refractivity contribution in [1.82, 2.24) is 14.8 Å². The van der Waals surface area contributed by atoms with E-state index in [4.69, 9.17) is 5.10 Å². The van der Waals surface area contributed by atoms with Gasteiger partial charge in [0.2, 0.25) is 0 Å². The zero-order chi connectivity index (χ0) is 20.0. The highest BCUT2D eigenvalue weighted by Gasteiger charge is 2.17. The van der Waals surface area contributed by atoms with Gasteiger partial charge in [-0.15, -0.1) is 11.3 Å². The summed E-state index contributed by atoms with van der Waals surface area (Å²) < 4.78 is 2.41. The van der Waals surface area contributed by atoms with Crippen LogP contribution in [0.25, 0.3) is 32.2 Å². The van der Waals surface area contributed by atoms with Crippen LogP contribution in [0.4, 0.5) is 0 Å². The number of rotatable bonds is 3. The average Bonchev–Trinajstić information content (AvgIpc) is 3.13. The van der Waals surface area contributed by atoms with E-state index in [0.717, 1.165) is 37.3 Å². The third-order valence-electron chi connectivity index (χ3n) is 5.13. The molecule has 0 aliphatic carbocycles. The van der Waals surface area contributed by atoms with E-state index in [2.05, 4.69) is 60.4 Å². The molecule has 0 spiro atoms. The Kier molecular flexibility index (Phi) is 4.25. The fourth-order valence-corrected chi connectivity index (χ4v) is 4.58. The summed E-state index contributed by atoms with van der Waals surface area (Å²) >= 11 is 1.52. The second kappa shape index (κ2) is 6.94. The Morgan fingerprint density at radius 1 is 0.931 bits per heavy atom. The van der Waals surface area contributed by atoms with E-state index in [9.17, 15) is 4.79 Å². The Hall–Kier alpha value is -3.31. The third-order valence-corrected chi connectivity index (χ3v) is 6.11. The molecule has 0 unspecified atom stereocenters.